The summed E-state index contributed by atoms with van der Waals surface area (Å²) in [6.45, 7) is 0. The van der Waals surface area contributed by atoms with E-state index in [2.05, 4.69) is 53.1 Å². The summed E-state index contributed by atoms with van der Waals surface area (Å²) in [6, 6.07) is 10.1. The molecule has 0 fully saturated rings. The van der Waals surface area contributed by atoms with Crippen LogP contribution in [-0.2, 0) is 0 Å². The Labute approximate surface area is 134 Å². The van der Waals surface area contributed by atoms with E-state index in [0.29, 0.717) is 0 Å². The van der Waals surface area contributed by atoms with Crippen LogP contribution in [-0.4, -0.2) is 4.92 Å². The third kappa shape index (κ3) is 3.55. The maximum absolute atomic E-state index is 10.6. The zero-order valence-corrected chi connectivity index (χ0v) is 14.1. The molecule has 98 valence electrons. The van der Waals surface area contributed by atoms with Crippen molar-refractivity contribution in [1.29, 1.82) is 0 Å². The lowest BCUT2D eigenvalue weighted by molar-refractivity contribution is -0.384. The number of nitrogens with one attached hydrogen (secondary N) is 1. The number of halogens is 3. The maximum atomic E-state index is 10.6. The van der Waals surface area contributed by atoms with Crippen LogP contribution in [0.1, 0.15) is 0 Å². The Balaban J connectivity index is 2.29. The molecule has 0 saturated heterocycles. The van der Waals surface area contributed by atoms with Crippen LogP contribution in [0.15, 0.2) is 49.8 Å². The summed E-state index contributed by atoms with van der Waals surface area (Å²) in [5, 5.41) is 13.8. The molecule has 2 aromatic carbocycles. The molecule has 0 amide bonds. The number of nitrogens with zero attached hydrogens (tertiary/aromatic N) is 1. The third-order valence-electron chi connectivity index (χ3n) is 2.35. The molecule has 0 atom stereocenters. The first-order chi connectivity index (χ1) is 8.97. The predicted octanol–water partition coefficient (Wildman–Crippen LogP) is 5.63. The molecule has 0 unspecified atom stereocenters. The summed E-state index contributed by atoms with van der Waals surface area (Å²) in [5.74, 6) is 0. The molecule has 0 aromatic heterocycles. The number of anilines is 2. The van der Waals surface area contributed by atoms with Gasteiger partial charge in [0.05, 0.1) is 10.6 Å². The number of hydrogen-bond donors (Lipinski definition) is 1. The zero-order valence-electron chi connectivity index (χ0n) is 9.36. The second kappa shape index (κ2) is 6.02. The second-order valence-electron chi connectivity index (χ2n) is 3.67. The molecule has 0 spiro atoms. The van der Waals surface area contributed by atoms with Crippen LogP contribution >= 0.6 is 47.8 Å². The predicted molar refractivity (Wildman–Crippen MR) is 85.9 cm³/mol. The van der Waals surface area contributed by atoms with E-state index >= 15 is 0 Å². The third-order valence-corrected chi connectivity index (χ3v) is 4.06. The van der Waals surface area contributed by atoms with Gasteiger partial charge in [-0.3, -0.25) is 10.1 Å². The van der Waals surface area contributed by atoms with E-state index in [1.54, 1.807) is 12.1 Å². The van der Waals surface area contributed by atoms with Gasteiger partial charge in [0.2, 0.25) is 0 Å². The van der Waals surface area contributed by atoms with Crippen LogP contribution in [0.3, 0.4) is 0 Å². The van der Waals surface area contributed by atoms with E-state index < -0.39 is 4.92 Å². The Morgan fingerprint density at radius 1 is 1.00 bits per heavy atom. The van der Waals surface area contributed by atoms with E-state index in [-0.39, 0.29) is 5.69 Å². The number of nitro groups is 1. The maximum Gasteiger partial charge on any atom is 0.269 e. The first kappa shape index (κ1) is 14.5. The van der Waals surface area contributed by atoms with Crippen LogP contribution in [0.25, 0.3) is 0 Å². The van der Waals surface area contributed by atoms with Gasteiger partial charge in [0.25, 0.3) is 5.69 Å². The zero-order chi connectivity index (χ0) is 14.0. The van der Waals surface area contributed by atoms with Gasteiger partial charge in [-0.05, 0) is 56.1 Å². The lowest BCUT2D eigenvalue weighted by atomic mass is 10.2. The van der Waals surface area contributed by atoms with Gasteiger partial charge in [-0.15, -0.1) is 0 Å². The monoisotopic (exact) mass is 448 g/mol. The largest absolute Gasteiger partial charge is 0.354 e. The van der Waals surface area contributed by atoms with Gasteiger partial charge in [0.1, 0.15) is 0 Å². The Morgan fingerprint density at radius 2 is 1.53 bits per heavy atom. The Bertz CT molecular complexity index is 606. The molecule has 19 heavy (non-hydrogen) atoms. The molecule has 0 radical (unpaired) electrons. The number of benzene rings is 2. The van der Waals surface area contributed by atoms with Gasteiger partial charge in [-0.25, -0.2) is 0 Å². The quantitative estimate of drug-likeness (QED) is 0.487. The minimum absolute atomic E-state index is 0.0690. The molecule has 2 rings (SSSR count). The van der Waals surface area contributed by atoms with Crippen molar-refractivity contribution in [3.63, 3.8) is 0 Å². The number of rotatable bonds is 3. The summed E-state index contributed by atoms with van der Waals surface area (Å²) in [7, 11) is 0. The molecule has 0 saturated carbocycles. The van der Waals surface area contributed by atoms with Gasteiger partial charge in [0.15, 0.2) is 0 Å². The summed E-state index contributed by atoms with van der Waals surface area (Å²) in [6.07, 6.45) is 0. The fraction of sp³-hybridized carbons (Fsp3) is 0. The number of non-ortho nitro benzene ring substituents is 1. The van der Waals surface area contributed by atoms with Crippen molar-refractivity contribution < 1.29 is 4.92 Å². The molecule has 1 N–H and O–H groups in total. The van der Waals surface area contributed by atoms with Crippen LogP contribution in [0, 0.1) is 10.1 Å². The first-order valence-electron chi connectivity index (χ1n) is 5.13. The Kier molecular flexibility index (Phi) is 4.59. The molecular formula is C12H7Br3N2O2. The van der Waals surface area contributed by atoms with Gasteiger partial charge in [-0.1, -0.05) is 15.9 Å². The van der Waals surface area contributed by atoms with Crippen molar-refractivity contribution in [3.05, 3.63) is 59.9 Å². The molecular weight excluding hydrogens is 444 g/mol. The summed E-state index contributed by atoms with van der Waals surface area (Å²) >= 11 is 10.3. The van der Waals surface area contributed by atoms with Crippen LogP contribution < -0.4 is 5.32 Å². The average Bonchev–Trinajstić information content (AvgIpc) is 2.34. The van der Waals surface area contributed by atoms with Crippen LogP contribution in [0.4, 0.5) is 17.1 Å². The fourth-order valence-corrected chi connectivity index (χ4v) is 3.93. The standard InChI is InChI=1S/C12H7Br3N2O2/c13-7-5-10(14)12(11(15)6-7)16-8-1-3-9(4-2-8)17(18)19/h1-6,16H. The molecule has 0 aliphatic heterocycles. The highest BCUT2D eigenvalue weighted by atomic mass is 79.9. The molecule has 4 nitrogen and oxygen atoms in total. The molecule has 0 aliphatic rings. The minimum Gasteiger partial charge on any atom is -0.354 e. The molecule has 0 heterocycles. The second-order valence-corrected chi connectivity index (χ2v) is 6.30. The molecule has 7 heteroatoms. The van der Waals surface area contributed by atoms with Crippen molar-refractivity contribution in [2.45, 2.75) is 0 Å². The summed E-state index contributed by atoms with van der Waals surface area (Å²) in [4.78, 5) is 10.2. The normalized spacial score (nSPS) is 10.3. The van der Waals surface area contributed by atoms with Gasteiger partial charge in [0, 0.05) is 31.2 Å². The highest BCUT2D eigenvalue weighted by Gasteiger charge is 2.08. The smallest absolute Gasteiger partial charge is 0.269 e. The molecule has 2 aromatic rings. The Morgan fingerprint density at radius 3 is 2.00 bits per heavy atom. The fourth-order valence-electron chi connectivity index (χ4n) is 1.47. The van der Waals surface area contributed by atoms with E-state index in [9.17, 15) is 10.1 Å². The lowest BCUT2D eigenvalue weighted by Crippen LogP contribution is -1.94. The van der Waals surface area contributed by atoms with Crippen molar-refractivity contribution in [1.82, 2.24) is 0 Å². The van der Waals surface area contributed by atoms with E-state index in [4.69, 9.17) is 0 Å². The van der Waals surface area contributed by atoms with Crippen molar-refractivity contribution in [2.24, 2.45) is 0 Å². The van der Waals surface area contributed by atoms with Crippen molar-refractivity contribution in [2.75, 3.05) is 5.32 Å². The average molecular weight is 451 g/mol. The van der Waals surface area contributed by atoms with Crippen molar-refractivity contribution in [3.8, 4) is 0 Å². The van der Waals surface area contributed by atoms with E-state index in [1.165, 1.54) is 12.1 Å². The highest BCUT2D eigenvalue weighted by Crippen LogP contribution is 2.36. The number of hydrogen-bond acceptors (Lipinski definition) is 3. The van der Waals surface area contributed by atoms with Gasteiger partial charge >= 0.3 is 0 Å². The summed E-state index contributed by atoms with van der Waals surface area (Å²) in [5.41, 5.74) is 1.70. The minimum atomic E-state index is -0.421. The molecule has 0 bridgehead atoms. The molecule has 0 aliphatic carbocycles. The highest BCUT2D eigenvalue weighted by molar-refractivity contribution is 9.11. The lowest BCUT2D eigenvalue weighted by Gasteiger charge is -2.11. The van der Waals surface area contributed by atoms with Gasteiger partial charge < -0.3 is 5.32 Å². The van der Waals surface area contributed by atoms with Gasteiger partial charge in [-0.2, -0.15) is 0 Å². The van der Waals surface area contributed by atoms with Crippen LogP contribution in [0.2, 0.25) is 0 Å². The first-order valence-corrected chi connectivity index (χ1v) is 7.51. The van der Waals surface area contributed by atoms with Crippen molar-refractivity contribution >= 4 is 64.9 Å². The SMILES string of the molecule is O=[N+]([O-])c1ccc(Nc2c(Br)cc(Br)cc2Br)cc1. The Hall–Kier alpha value is -0.920. The number of nitro benzene ring substituents is 1. The summed E-state index contributed by atoms with van der Waals surface area (Å²) < 4.78 is 2.71. The van der Waals surface area contributed by atoms with E-state index in [0.717, 1.165) is 24.8 Å². The van der Waals surface area contributed by atoms with E-state index in [1.807, 2.05) is 12.1 Å². The topological polar surface area (TPSA) is 55.2 Å². The van der Waals surface area contributed by atoms with Crippen LogP contribution in [0.5, 0.6) is 0 Å².